The van der Waals surface area contributed by atoms with Crippen LogP contribution in [0, 0.1) is 5.92 Å². The summed E-state index contributed by atoms with van der Waals surface area (Å²) in [6.07, 6.45) is 2.27. The van der Waals surface area contributed by atoms with Crippen LogP contribution in [-0.2, 0) is 13.0 Å². The molecule has 2 nitrogen and oxygen atoms in total. The molecule has 0 fully saturated rings. The molecule has 0 aromatic heterocycles. The van der Waals surface area contributed by atoms with E-state index in [9.17, 15) is 0 Å². The zero-order valence-electron chi connectivity index (χ0n) is 10.5. The molecule has 0 aliphatic rings. The van der Waals surface area contributed by atoms with E-state index in [1.165, 1.54) is 11.1 Å². The summed E-state index contributed by atoms with van der Waals surface area (Å²) < 4.78 is 0. The predicted molar refractivity (Wildman–Crippen MR) is 70.4 cm³/mol. The highest BCUT2D eigenvalue weighted by atomic mass is 14.8. The molecular formula is C14H24N2. The molecule has 0 spiro atoms. The molecular weight excluding hydrogens is 196 g/mol. The molecule has 90 valence electrons. The maximum Gasteiger partial charge on any atom is 0.0205 e. The van der Waals surface area contributed by atoms with E-state index in [2.05, 4.69) is 43.4 Å². The fraction of sp³-hybridized carbons (Fsp3) is 0.571. The Hall–Kier alpha value is -0.860. The van der Waals surface area contributed by atoms with Gasteiger partial charge in [0, 0.05) is 6.54 Å². The molecule has 1 rings (SSSR count). The van der Waals surface area contributed by atoms with Crippen LogP contribution in [0.4, 0.5) is 0 Å². The summed E-state index contributed by atoms with van der Waals surface area (Å²) in [6, 6.07) is 8.83. The summed E-state index contributed by atoms with van der Waals surface area (Å²) in [5, 5.41) is 3.45. The third kappa shape index (κ3) is 4.77. The maximum atomic E-state index is 5.57. The van der Waals surface area contributed by atoms with Crippen LogP contribution in [0.25, 0.3) is 0 Å². The van der Waals surface area contributed by atoms with E-state index in [-0.39, 0.29) is 0 Å². The molecule has 0 aliphatic heterocycles. The summed E-state index contributed by atoms with van der Waals surface area (Å²) in [6.45, 7) is 7.17. The van der Waals surface area contributed by atoms with Crippen molar-refractivity contribution < 1.29 is 0 Å². The number of rotatable bonds is 7. The Bertz CT molecular complexity index is 279. The lowest BCUT2D eigenvalue weighted by molar-refractivity contribution is 0.509. The molecule has 2 heteroatoms. The number of hydrogen-bond donors (Lipinski definition) is 2. The second-order valence-corrected chi connectivity index (χ2v) is 4.48. The van der Waals surface area contributed by atoms with Gasteiger partial charge in [-0.1, -0.05) is 38.1 Å². The minimum Gasteiger partial charge on any atom is -0.330 e. The lowest BCUT2D eigenvalue weighted by Gasteiger charge is -2.09. The van der Waals surface area contributed by atoms with Gasteiger partial charge in [-0.15, -0.1) is 0 Å². The van der Waals surface area contributed by atoms with E-state index in [0.717, 1.165) is 32.5 Å². The van der Waals surface area contributed by atoms with Crippen LogP contribution in [0.15, 0.2) is 24.3 Å². The topological polar surface area (TPSA) is 38.0 Å². The molecule has 0 bridgehead atoms. The van der Waals surface area contributed by atoms with Gasteiger partial charge in [0.2, 0.25) is 0 Å². The number of benzene rings is 1. The van der Waals surface area contributed by atoms with E-state index in [1.54, 1.807) is 0 Å². The first-order chi connectivity index (χ1) is 7.76. The van der Waals surface area contributed by atoms with E-state index >= 15 is 0 Å². The van der Waals surface area contributed by atoms with Crippen molar-refractivity contribution in [2.45, 2.75) is 33.2 Å². The molecule has 0 amide bonds. The first-order valence-electron chi connectivity index (χ1n) is 6.24. The summed E-state index contributed by atoms with van der Waals surface area (Å²) in [5.41, 5.74) is 8.33. The molecule has 16 heavy (non-hydrogen) atoms. The van der Waals surface area contributed by atoms with Crippen LogP contribution in [0.3, 0.4) is 0 Å². The summed E-state index contributed by atoms with van der Waals surface area (Å²) in [5.74, 6) is 0.620. The van der Waals surface area contributed by atoms with Crippen molar-refractivity contribution in [1.29, 1.82) is 0 Å². The SMILES string of the molecule is CCc1ccc(CNCCC(C)CN)cc1. The molecule has 3 N–H and O–H groups in total. The van der Waals surface area contributed by atoms with Crippen molar-refractivity contribution in [3.63, 3.8) is 0 Å². The van der Waals surface area contributed by atoms with Gasteiger partial charge in [-0.2, -0.15) is 0 Å². The Balaban J connectivity index is 2.21. The lowest BCUT2D eigenvalue weighted by atomic mass is 10.1. The number of nitrogens with one attached hydrogen (secondary N) is 1. The van der Waals surface area contributed by atoms with Crippen LogP contribution in [0.2, 0.25) is 0 Å². The molecule has 0 heterocycles. The van der Waals surface area contributed by atoms with Crippen LogP contribution in [-0.4, -0.2) is 13.1 Å². The fourth-order valence-electron chi connectivity index (χ4n) is 1.59. The molecule has 1 atom stereocenters. The van der Waals surface area contributed by atoms with Crippen molar-refractivity contribution in [1.82, 2.24) is 5.32 Å². The Morgan fingerprint density at radius 3 is 2.38 bits per heavy atom. The molecule has 0 saturated carbocycles. The van der Waals surface area contributed by atoms with Gasteiger partial charge < -0.3 is 11.1 Å². The minimum absolute atomic E-state index is 0.620. The molecule has 1 aromatic rings. The smallest absolute Gasteiger partial charge is 0.0205 e. The van der Waals surface area contributed by atoms with Gasteiger partial charge in [0.05, 0.1) is 0 Å². The van der Waals surface area contributed by atoms with Gasteiger partial charge in [0.1, 0.15) is 0 Å². The van der Waals surface area contributed by atoms with E-state index in [1.807, 2.05) is 0 Å². The quantitative estimate of drug-likeness (QED) is 0.692. The van der Waals surface area contributed by atoms with Crippen molar-refractivity contribution in [3.8, 4) is 0 Å². The summed E-state index contributed by atoms with van der Waals surface area (Å²) in [4.78, 5) is 0. The zero-order chi connectivity index (χ0) is 11.8. The highest BCUT2D eigenvalue weighted by Gasteiger charge is 1.98. The van der Waals surface area contributed by atoms with Gasteiger partial charge in [-0.3, -0.25) is 0 Å². The summed E-state index contributed by atoms with van der Waals surface area (Å²) in [7, 11) is 0. The standard InChI is InChI=1S/C14H24N2/c1-3-13-4-6-14(7-5-13)11-16-9-8-12(2)10-15/h4-7,12,16H,3,8-11,15H2,1-2H3. The molecule has 1 unspecified atom stereocenters. The lowest BCUT2D eigenvalue weighted by Crippen LogP contribution is -2.20. The number of aryl methyl sites for hydroxylation is 1. The van der Waals surface area contributed by atoms with Gasteiger partial charge in [0.15, 0.2) is 0 Å². The van der Waals surface area contributed by atoms with Crippen LogP contribution in [0.5, 0.6) is 0 Å². The van der Waals surface area contributed by atoms with Crippen molar-refractivity contribution >= 4 is 0 Å². The van der Waals surface area contributed by atoms with Gasteiger partial charge >= 0.3 is 0 Å². The fourth-order valence-corrected chi connectivity index (χ4v) is 1.59. The van der Waals surface area contributed by atoms with E-state index in [0.29, 0.717) is 5.92 Å². The van der Waals surface area contributed by atoms with Crippen LogP contribution >= 0.6 is 0 Å². The minimum atomic E-state index is 0.620. The average molecular weight is 220 g/mol. The van der Waals surface area contributed by atoms with Crippen LogP contribution in [0.1, 0.15) is 31.4 Å². The molecule has 1 aromatic carbocycles. The first-order valence-corrected chi connectivity index (χ1v) is 6.24. The normalized spacial score (nSPS) is 12.7. The summed E-state index contributed by atoms with van der Waals surface area (Å²) >= 11 is 0. The second-order valence-electron chi connectivity index (χ2n) is 4.48. The third-order valence-electron chi connectivity index (χ3n) is 2.98. The molecule has 0 aliphatic carbocycles. The molecule has 0 radical (unpaired) electrons. The first kappa shape index (κ1) is 13.2. The largest absolute Gasteiger partial charge is 0.330 e. The van der Waals surface area contributed by atoms with Crippen molar-refractivity contribution in [2.75, 3.05) is 13.1 Å². The Morgan fingerprint density at radius 2 is 1.81 bits per heavy atom. The second kappa shape index (κ2) is 7.42. The van der Waals surface area contributed by atoms with Crippen molar-refractivity contribution in [3.05, 3.63) is 35.4 Å². The Labute approximate surface area is 99.2 Å². The van der Waals surface area contributed by atoms with Gasteiger partial charge in [0.25, 0.3) is 0 Å². The highest BCUT2D eigenvalue weighted by Crippen LogP contribution is 2.05. The predicted octanol–water partition coefficient (Wildman–Crippen LogP) is 2.32. The van der Waals surface area contributed by atoms with E-state index < -0.39 is 0 Å². The maximum absolute atomic E-state index is 5.57. The molecule has 0 saturated heterocycles. The highest BCUT2D eigenvalue weighted by molar-refractivity contribution is 5.22. The Morgan fingerprint density at radius 1 is 1.19 bits per heavy atom. The Kier molecular flexibility index (Phi) is 6.12. The van der Waals surface area contributed by atoms with E-state index in [4.69, 9.17) is 5.73 Å². The van der Waals surface area contributed by atoms with Crippen molar-refractivity contribution in [2.24, 2.45) is 11.7 Å². The van der Waals surface area contributed by atoms with Gasteiger partial charge in [-0.05, 0) is 43.0 Å². The average Bonchev–Trinajstić information content (AvgIpc) is 2.35. The zero-order valence-corrected chi connectivity index (χ0v) is 10.5. The van der Waals surface area contributed by atoms with Crippen LogP contribution < -0.4 is 11.1 Å². The number of hydrogen-bond acceptors (Lipinski definition) is 2. The van der Waals surface area contributed by atoms with Gasteiger partial charge in [-0.25, -0.2) is 0 Å². The monoisotopic (exact) mass is 220 g/mol. The third-order valence-corrected chi connectivity index (χ3v) is 2.98. The number of nitrogens with two attached hydrogens (primary N) is 1.